The first kappa shape index (κ1) is 13.1. The molecule has 0 spiro atoms. The van der Waals surface area contributed by atoms with Crippen LogP contribution in [0.2, 0.25) is 0 Å². The molecule has 3 nitrogen and oxygen atoms in total. The summed E-state index contributed by atoms with van der Waals surface area (Å²) in [7, 11) is 0. The normalized spacial score (nSPS) is 11.8. The van der Waals surface area contributed by atoms with E-state index in [0.717, 1.165) is 16.5 Å². The van der Waals surface area contributed by atoms with Gasteiger partial charge >= 0.3 is 0 Å². The predicted molar refractivity (Wildman–Crippen MR) is 80.1 cm³/mol. The molecule has 0 aliphatic heterocycles. The monoisotopic (exact) mass is 277 g/mol. The summed E-state index contributed by atoms with van der Waals surface area (Å²) in [6.45, 7) is 0. The van der Waals surface area contributed by atoms with Crippen LogP contribution in [0.4, 0.5) is 10.1 Å². The van der Waals surface area contributed by atoms with E-state index in [1.54, 1.807) is 24.4 Å². The summed E-state index contributed by atoms with van der Waals surface area (Å²) in [5.41, 5.74) is 1.96. The van der Waals surface area contributed by atoms with Crippen molar-refractivity contribution in [3.8, 4) is 6.07 Å². The fourth-order valence-corrected chi connectivity index (χ4v) is 2.20. The standard InChI is InChI=1S/C17H12FN3/c18-14-5-1-2-6-16(14)21-17(11-19)13-7-8-15-12(10-13)4-3-9-20-15/h1-10,17,21H. The van der Waals surface area contributed by atoms with E-state index in [9.17, 15) is 9.65 Å². The van der Waals surface area contributed by atoms with Gasteiger partial charge in [0.1, 0.15) is 11.9 Å². The Hall–Kier alpha value is -2.93. The SMILES string of the molecule is N#CC(Nc1ccccc1F)c1ccc2ncccc2c1. The van der Waals surface area contributed by atoms with Crippen LogP contribution in [0.25, 0.3) is 10.9 Å². The largest absolute Gasteiger partial charge is 0.364 e. The predicted octanol–water partition coefficient (Wildman–Crippen LogP) is 4.05. The van der Waals surface area contributed by atoms with Crippen LogP contribution in [0.15, 0.2) is 60.8 Å². The Kier molecular flexibility index (Phi) is 3.48. The summed E-state index contributed by atoms with van der Waals surface area (Å²) in [6.07, 6.45) is 1.72. The summed E-state index contributed by atoms with van der Waals surface area (Å²) in [5, 5.41) is 13.2. The fraction of sp³-hybridized carbons (Fsp3) is 0.0588. The molecule has 0 amide bonds. The van der Waals surface area contributed by atoms with E-state index in [1.165, 1.54) is 6.07 Å². The minimum Gasteiger partial charge on any atom is -0.364 e. The maximum Gasteiger partial charge on any atom is 0.146 e. The summed E-state index contributed by atoms with van der Waals surface area (Å²) in [5.74, 6) is -0.375. The first-order valence-corrected chi connectivity index (χ1v) is 6.53. The second-order valence-corrected chi connectivity index (χ2v) is 4.64. The van der Waals surface area contributed by atoms with E-state index in [2.05, 4.69) is 16.4 Å². The van der Waals surface area contributed by atoms with Crippen molar-refractivity contribution in [3.63, 3.8) is 0 Å². The molecule has 0 saturated carbocycles. The summed E-state index contributed by atoms with van der Waals surface area (Å²) in [4.78, 5) is 4.24. The zero-order chi connectivity index (χ0) is 14.7. The van der Waals surface area contributed by atoms with Crippen molar-refractivity contribution >= 4 is 16.6 Å². The van der Waals surface area contributed by atoms with Crippen molar-refractivity contribution in [2.45, 2.75) is 6.04 Å². The molecule has 1 unspecified atom stereocenters. The topological polar surface area (TPSA) is 48.7 Å². The Morgan fingerprint density at radius 1 is 1.10 bits per heavy atom. The first-order chi connectivity index (χ1) is 10.3. The Bertz CT molecular complexity index is 823. The quantitative estimate of drug-likeness (QED) is 0.785. The minimum absolute atomic E-state index is 0.315. The molecule has 3 aromatic rings. The van der Waals surface area contributed by atoms with E-state index in [0.29, 0.717) is 5.69 Å². The lowest BCUT2D eigenvalue weighted by atomic mass is 10.0. The van der Waals surface area contributed by atoms with Crippen molar-refractivity contribution in [3.05, 3.63) is 72.2 Å². The lowest BCUT2D eigenvalue weighted by molar-refractivity contribution is 0.629. The Labute approximate surface area is 121 Å². The number of anilines is 1. The molecule has 0 fully saturated rings. The molecule has 2 aromatic carbocycles. The molecule has 0 radical (unpaired) electrons. The van der Waals surface area contributed by atoms with Crippen LogP contribution >= 0.6 is 0 Å². The number of halogens is 1. The number of benzene rings is 2. The van der Waals surface area contributed by atoms with Gasteiger partial charge in [-0.3, -0.25) is 4.98 Å². The zero-order valence-electron chi connectivity index (χ0n) is 11.1. The van der Waals surface area contributed by atoms with E-state index < -0.39 is 6.04 Å². The molecule has 1 aromatic heterocycles. The molecule has 4 heteroatoms. The molecule has 1 heterocycles. The molecular formula is C17H12FN3. The van der Waals surface area contributed by atoms with Crippen molar-refractivity contribution in [1.29, 1.82) is 5.26 Å². The van der Waals surface area contributed by atoms with Crippen LogP contribution in [-0.2, 0) is 0 Å². The van der Waals surface area contributed by atoms with Gasteiger partial charge in [-0.15, -0.1) is 0 Å². The lowest BCUT2D eigenvalue weighted by Crippen LogP contribution is -2.09. The van der Waals surface area contributed by atoms with Gasteiger partial charge < -0.3 is 5.32 Å². The highest BCUT2D eigenvalue weighted by molar-refractivity contribution is 5.79. The fourth-order valence-electron chi connectivity index (χ4n) is 2.20. The second kappa shape index (κ2) is 5.59. The molecular weight excluding hydrogens is 265 g/mol. The number of hydrogen-bond acceptors (Lipinski definition) is 3. The van der Waals surface area contributed by atoms with Crippen molar-refractivity contribution in [2.75, 3.05) is 5.32 Å². The first-order valence-electron chi connectivity index (χ1n) is 6.53. The van der Waals surface area contributed by atoms with Gasteiger partial charge in [0.05, 0.1) is 17.3 Å². The van der Waals surface area contributed by atoms with Crippen LogP contribution in [0.3, 0.4) is 0 Å². The number of hydrogen-bond donors (Lipinski definition) is 1. The van der Waals surface area contributed by atoms with Gasteiger partial charge in [0.25, 0.3) is 0 Å². The highest BCUT2D eigenvalue weighted by Crippen LogP contribution is 2.23. The molecule has 0 saturated heterocycles. The van der Waals surface area contributed by atoms with Gasteiger partial charge in [-0.1, -0.05) is 24.3 Å². The van der Waals surface area contributed by atoms with Crippen molar-refractivity contribution in [1.82, 2.24) is 4.98 Å². The molecule has 102 valence electrons. The molecule has 0 bridgehead atoms. The highest BCUT2D eigenvalue weighted by Gasteiger charge is 2.12. The molecule has 0 aliphatic rings. The van der Waals surface area contributed by atoms with Gasteiger partial charge in [0.2, 0.25) is 0 Å². The third kappa shape index (κ3) is 2.67. The van der Waals surface area contributed by atoms with Crippen LogP contribution in [0.1, 0.15) is 11.6 Å². The number of nitrogens with zero attached hydrogens (tertiary/aromatic N) is 2. The molecule has 1 N–H and O–H groups in total. The van der Waals surface area contributed by atoms with E-state index >= 15 is 0 Å². The molecule has 3 rings (SSSR count). The highest BCUT2D eigenvalue weighted by atomic mass is 19.1. The van der Waals surface area contributed by atoms with Crippen LogP contribution in [0, 0.1) is 17.1 Å². The van der Waals surface area contributed by atoms with E-state index in [1.807, 2.05) is 30.3 Å². The molecule has 1 atom stereocenters. The average Bonchev–Trinajstić information content (AvgIpc) is 2.54. The Morgan fingerprint density at radius 3 is 2.76 bits per heavy atom. The van der Waals surface area contributed by atoms with Crippen molar-refractivity contribution < 1.29 is 4.39 Å². The molecule has 21 heavy (non-hydrogen) atoms. The maximum atomic E-state index is 13.7. The third-order valence-electron chi connectivity index (χ3n) is 3.26. The zero-order valence-corrected chi connectivity index (χ0v) is 11.1. The average molecular weight is 277 g/mol. The summed E-state index contributed by atoms with van der Waals surface area (Å²) < 4.78 is 13.7. The van der Waals surface area contributed by atoms with Gasteiger partial charge in [-0.2, -0.15) is 5.26 Å². The van der Waals surface area contributed by atoms with Gasteiger partial charge in [-0.25, -0.2) is 4.39 Å². The number of nitrogens with one attached hydrogen (secondary N) is 1. The summed E-state index contributed by atoms with van der Waals surface area (Å²) >= 11 is 0. The number of fused-ring (bicyclic) bond motifs is 1. The van der Waals surface area contributed by atoms with Gasteiger partial charge in [0, 0.05) is 11.6 Å². The maximum absolute atomic E-state index is 13.7. The minimum atomic E-state index is -0.619. The van der Waals surface area contributed by atoms with Gasteiger partial charge in [0.15, 0.2) is 0 Å². The lowest BCUT2D eigenvalue weighted by Gasteiger charge is -2.14. The molecule has 0 aliphatic carbocycles. The van der Waals surface area contributed by atoms with Crippen LogP contribution < -0.4 is 5.32 Å². The number of pyridine rings is 1. The third-order valence-corrected chi connectivity index (χ3v) is 3.26. The Balaban J connectivity index is 1.95. The van der Waals surface area contributed by atoms with Crippen molar-refractivity contribution in [2.24, 2.45) is 0 Å². The van der Waals surface area contributed by atoms with Gasteiger partial charge in [-0.05, 0) is 35.9 Å². The summed E-state index contributed by atoms with van der Waals surface area (Å²) in [6, 6.07) is 17.2. The number of para-hydroxylation sites is 1. The van der Waals surface area contributed by atoms with E-state index in [4.69, 9.17) is 0 Å². The smallest absolute Gasteiger partial charge is 0.146 e. The number of rotatable bonds is 3. The van der Waals surface area contributed by atoms with Crippen LogP contribution in [-0.4, -0.2) is 4.98 Å². The number of aromatic nitrogens is 1. The second-order valence-electron chi connectivity index (χ2n) is 4.64. The number of nitriles is 1. The van der Waals surface area contributed by atoms with E-state index in [-0.39, 0.29) is 5.82 Å². The van der Waals surface area contributed by atoms with Crippen LogP contribution in [0.5, 0.6) is 0 Å². The Morgan fingerprint density at radius 2 is 1.95 bits per heavy atom.